The molecule has 1 rings (SSSR count). The molecule has 0 aliphatic rings. The Morgan fingerprint density at radius 1 is 1.44 bits per heavy atom. The van der Waals surface area contributed by atoms with Gasteiger partial charge in [-0.15, -0.1) is 0 Å². The summed E-state index contributed by atoms with van der Waals surface area (Å²) in [5.41, 5.74) is -0.849. The lowest BCUT2D eigenvalue weighted by atomic mass is 10.2. The smallest absolute Gasteiger partial charge is 0.281 e. The zero-order chi connectivity index (χ0) is 12.5. The number of hydrogen-bond acceptors (Lipinski definition) is 5. The lowest BCUT2D eigenvalue weighted by Crippen LogP contribution is -1.99. The molecular weight excluding hydrogens is 326 g/mol. The summed E-state index contributed by atoms with van der Waals surface area (Å²) < 4.78 is 22.1. The summed E-state index contributed by atoms with van der Waals surface area (Å²) in [5.74, 6) is 0. The van der Waals surface area contributed by atoms with Crippen LogP contribution in [0.4, 0.5) is 5.69 Å². The molecule has 0 saturated heterocycles. The second-order valence-corrected chi connectivity index (χ2v) is 6.04. The van der Waals surface area contributed by atoms with E-state index in [1.54, 1.807) is 0 Å². The summed E-state index contributed by atoms with van der Waals surface area (Å²) in [6.45, 7) is 0. The zero-order valence-corrected chi connectivity index (χ0v) is 10.5. The van der Waals surface area contributed by atoms with Gasteiger partial charge in [0.15, 0.2) is 6.29 Å². The molecular formula is C7H3BrClNO5S. The fourth-order valence-corrected chi connectivity index (χ4v) is 3.20. The highest BCUT2D eigenvalue weighted by atomic mass is 79.9. The van der Waals surface area contributed by atoms with E-state index < -0.39 is 24.6 Å². The first-order valence-electron chi connectivity index (χ1n) is 3.65. The van der Waals surface area contributed by atoms with Crippen molar-refractivity contribution in [1.82, 2.24) is 0 Å². The summed E-state index contributed by atoms with van der Waals surface area (Å²) >= 11 is 2.86. The average Bonchev–Trinajstić information content (AvgIpc) is 2.14. The van der Waals surface area contributed by atoms with Crippen molar-refractivity contribution in [3.8, 4) is 0 Å². The minimum Gasteiger partial charge on any atom is -0.298 e. The van der Waals surface area contributed by atoms with Crippen LogP contribution >= 0.6 is 26.6 Å². The third-order valence-electron chi connectivity index (χ3n) is 1.67. The van der Waals surface area contributed by atoms with Gasteiger partial charge in [-0.1, -0.05) is 0 Å². The summed E-state index contributed by atoms with van der Waals surface area (Å²) in [6, 6.07) is 1.76. The standard InChI is InChI=1S/C7H3BrClNO5S/c8-5-1-4(3-11)6(10(12)13)2-7(5)16(9,14)15/h1-3H. The molecule has 0 aliphatic heterocycles. The minimum atomic E-state index is -4.11. The molecule has 0 saturated carbocycles. The van der Waals surface area contributed by atoms with Crippen molar-refractivity contribution < 1.29 is 18.1 Å². The zero-order valence-electron chi connectivity index (χ0n) is 7.38. The van der Waals surface area contributed by atoms with Crippen LogP contribution in [0.5, 0.6) is 0 Å². The van der Waals surface area contributed by atoms with Gasteiger partial charge >= 0.3 is 0 Å². The SMILES string of the molecule is O=Cc1cc(Br)c(S(=O)(=O)Cl)cc1[N+](=O)[O-]. The van der Waals surface area contributed by atoms with Gasteiger partial charge in [0.05, 0.1) is 10.5 Å². The average molecular weight is 329 g/mol. The van der Waals surface area contributed by atoms with Gasteiger partial charge in [0.1, 0.15) is 4.90 Å². The Bertz CT molecular complexity index is 570. The molecule has 0 radical (unpaired) electrons. The molecule has 0 spiro atoms. The van der Waals surface area contributed by atoms with Crippen LogP contribution in [0.1, 0.15) is 10.4 Å². The van der Waals surface area contributed by atoms with E-state index in [9.17, 15) is 23.3 Å². The van der Waals surface area contributed by atoms with Gasteiger partial charge in [0.25, 0.3) is 14.7 Å². The van der Waals surface area contributed by atoms with E-state index in [1.807, 2.05) is 0 Å². The largest absolute Gasteiger partial charge is 0.298 e. The van der Waals surface area contributed by atoms with Crippen molar-refractivity contribution >= 4 is 47.6 Å². The monoisotopic (exact) mass is 327 g/mol. The second-order valence-electron chi connectivity index (χ2n) is 2.65. The molecule has 0 fully saturated rings. The number of carbonyl (C=O) groups is 1. The molecule has 86 valence electrons. The minimum absolute atomic E-state index is 0.00444. The fourth-order valence-electron chi connectivity index (χ4n) is 0.997. The van der Waals surface area contributed by atoms with Gasteiger partial charge in [-0.05, 0) is 22.0 Å². The number of nitrogens with zero attached hydrogens (tertiary/aromatic N) is 1. The molecule has 0 bridgehead atoms. The summed E-state index contributed by atoms with van der Waals surface area (Å²) in [7, 11) is 0.958. The van der Waals surface area contributed by atoms with Crippen LogP contribution in [-0.4, -0.2) is 19.6 Å². The Morgan fingerprint density at radius 3 is 2.38 bits per heavy atom. The molecule has 0 atom stereocenters. The van der Waals surface area contributed by atoms with Crippen LogP contribution in [0, 0.1) is 10.1 Å². The van der Waals surface area contributed by atoms with E-state index in [0.29, 0.717) is 0 Å². The molecule has 6 nitrogen and oxygen atoms in total. The Labute approximate surface area is 103 Å². The number of nitro groups is 1. The summed E-state index contributed by atoms with van der Waals surface area (Å²) in [4.78, 5) is 19.8. The third-order valence-corrected chi connectivity index (χ3v) is 3.95. The van der Waals surface area contributed by atoms with Crippen LogP contribution in [0.3, 0.4) is 0 Å². The predicted molar refractivity (Wildman–Crippen MR) is 59.2 cm³/mol. The highest BCUT2D eigenvalue weighted by Gasteiger charge is 2.23. The molecule has 0 N–H and O–H groups in total. The first-order chi connectivity index (χ1) is 7.27. The van der Waals surface area contributed by atoms with Crippen molar-refractivity contribution in [2.75, 3.05) is 0 Å². The van der Waals surface area contributed by atoms with Gasteiger partial charge in [-0.2, -0.15) is 0 Å². The number of rotatable bonds is 3. The normalized spacial score (nSPS) is 11.1. The van der Waals surface area contributed by atoms with Crippen molar-refractivity contribution in [3.63, 3.8) is 0 Å². The number of hydrogen-bond donors (Lipinski definition) is 0. The topological polar surface area (TPSA) is 94.3 Å². The predicted octanol–water partition coefficient (Wildman–Crippen LogP) is 2.10. The van der Waals surface area contributed by atoms with Crippen LogP contribution < -0.4 is 0 Å². The van der Waals surface area contributed by atoms with Crippen molar-refractivity contribution in [2.24, 2.45) is 0 Å². The van der Waals surface area contributed by atoms with Gasteiger partial charge in [0.2, 0.25) is 0 Å². The van der Waals surface area contributed by atoms with Crippen molar-refractivity contribution in [1.29, 1.82) is 0 Å². The van der Waals surface area contributed by atoms with Gasteiger partial charge in [-0.3, -0.25) is 14.9 Å². The van der Waals surface area contributed by atoms with Crippen LogP contribution in [0.2, 0.25) is 0 Å². The van der Waals surface area contributed by atoms with E-state index in [1.165, 1.54) is 0 Å². The molecule has 0 aliphatic carbocycles. The maximum Gasteiger partial charge on any atom is 0.281 e. The molecule has 9 heteroatoms. The molecule has 0 aromatic heterocycles. The Hall–Kier alpha value is -0.990. The van der Waals surface area contributed by atoms with Crippen molar-refractivity contribution in [2.45, 2.75) is 4.90 Å². The third kappa shape index (κ3) is 2.57. The summed E-state index contributed by atoms with van der Waals surface area (Å²) in [6.07, 6.45) is 0.257. The number of aldehydes is 1. The maximum absolute atomic E-state index is 11.1. The molecule has 1 aromatic carbocycles. The van der Waals surface area contributed by atoms with Gasteiger partial charge in [0, 0.05) is 21.2 Å². The number of carbonyl (C=O) groups excluding carboxylic acids is 1. The van der Waals surface area contributed by atoms with Crippen LogP contribution in [0.15, 0.2) is 21.5 Å². The second kappa shape index (κ2) is 4.48. The molecule has 0 amide bonds. The molecule has 0 heterocycles. The van der Waals surface area contributed by atoms with E-state index in [4.69, 9.17) is 10.7 Å². The molecule has 0 unspecified atom stereocenters. The van der Waals surface area contributed by atoms with E-state index >= 15 is 0 Å². The Balaban J connectivity index is 3.64. The maximum atomic E-state index is 11.1. The Kier molecular flexibility index (Phi) is 3.66. The lowest BCUT2D eigenvalue weighted by Gasteiger charge is -2.02. The van der Waals surface area contributed by atoms with Crippen LogP contribution in [0.25, 0.3) is 0 Å². The number of nitro benzene ring substituents is 1. The Morgan fingerprint density at radius 2 is 2.00 bits per heavy atom. The molecule has 1 aromatic rings. The van der Waals surface area contributed by atoms with Crippen LogP contribution in [-0.2, 0) is 9.05 Å². The highest BCUT2D eigenvalue weighted by Crippen LogP contribution is 2.31. The lowest BCUT2D eigenvalue weighted by molar-refractivity contribution is -0.385. The van der Waals surface area contributed by atoms with E-state index in [2.05, 4.69) is 15.9 Å². The van der Waals surface area contributed by atoms with Crippen molar-refractivity contribution in [3.05, 3.63) is 32.3 Å². The van der Waals surface area contributed by atoms with Gasteiger partial charge < -0.3 is 0 Å². The number of halogens is 2. The van der Waals surface area contributed by atoms with Gasteiger partial charge in [-0.25, -0.2) is 8.42 Å². The summed E-state index contributed by atoms with van der Waals surface area (Å²) in [5, 5.41) is 10.6. The first-order valence-corrected chi connectivity index (χ1v) is 6.75. The number of benzene rings is 1. The quantitative estimate of drug-likeness (QED) is 0.366. The van der Waals surface area contributed by atoms with E-state index in [0.717, 1.165) is 12.1 Å². The highest BCUT2D eigenvalue weighted by molar-refractivity contribution is 9.10. The fraction of sp³-hybridized carbons (Fsp3) is 0. The van der Waals surface area contributed by atoms with E-state index in [-0.39, 0.29) is 16.3 Å². The first kappa shape index (κ1) is 13.1. The molecule has 16 heavy (non-hydrogen) atoms.